The smallest absolute Gasteiger partial charge is 0.0800 e. The first kappa shape index (κ1) is 24.9. The normalized spacial score (nSPS) is 19.4. The second-order valence-corrected chi connectivity index (χ2v) is 10.9. The van der Waals surface area contributed by atoms with Gasteiger partial charge in [-0.1, -0.05) is 48.5 Å². The number of para-hydroxylation sites is 2. The Kier molecular flexibility index (Phi) is 6.50. The molecule has 1 fully saturated rings. The highest BCUT2D eigenvalue weighted by Gasteiger charge is 2.39. The van der Waals surface area contributed by atoms with Gasteiger partial charge in [0.1, 0.15) is 0 Å². The van der Waals surface area contributed by atoms with Crippen LogP contribution < -0.4 is 0 Å². The number of aromatic nitrogens is 3. The molecule has 0 radical (unpaired) electrons. The molecule has 6 heteroatoms. The largest absolute Gasteiger partial charge is 0.358 e. The van der Waals surface area contributed by atoms with Crippen molar-refractivity contribution in [1.29, 1.82) is 0 Å². The molecular weight excluding hydrogens is 492 g/mol. The number of benzene rings is 2. The summed E-state index contributed by atoms with van der Waals surface area (Å²) >= 11 is 0. The lowest BCUT2D eigenvalue weighted by atomic mass is 9.85. The molecule has 0 amide bonds. The summed E-state index contributed by atoms with van der Waals surface area (Å²) < 4.78 is 0. The van der Waals surface area contributed by atoms with Crippen LogP contribution in [-0.2, 0) is 0 Å². The summed E-state index contributed by atoms with van der Waals surface area (Å²) in [7, 11) is 0. The predicted octanol–water partition coefficient (Wildman–Crippen LogP) is 6.60. The molecule has 0 saturated carbocycles. The van der Waals surface area contributed by atoms with E-state index in [9.17, 15) is 0 Å². The minimum atomic E-state index is 0.0864. The summed E-state index contributed by atoms with van der Waals surface area (Å²) in [6.07, 6.45) is 3.84. The SMILES string of the molecule is CC1=Nc2ccccc2[C@H]1[C@@H](c1ccccn1)N1CCN([C@H](c2ccccn2)c2c(C)[nH]c3ccccc23)CC1. The van der Waals surface area contributed by atoms with Crippen LogP contribution in [0.15, 0.2) is 102 Å². The quantitative estimate of drug-likeness (QED) is 0.271. The van der Waals surface area contributed by atoms with E-state index in [-0.39, 0.29) is 18.0 Å². The Morgan fingerprint density at radius 2 is 1.38 bits per heavy atom. The van der Waals surface area contributed by atoms with Crippen LogP contribution in [0.1, 0.15) is 53.1 Å². The Morgan fingerprint density at radius 3 is 2.12 bits per heavy atom. The summed E-state index contributed by atoms with van der Waals surface area (Å²) in [6.45, 7) is 8.13. The van der Waals surface area contributed by atoms with E-state index < -0.39 is 0 Å². The molecule has 0 spiro atoms. The topological polar surface area (TPSA) is 60.4 Å². The molecule has 3 aromatic heterocycles. The molecule has 2 aliphatic heterocycles. The van der Waals surface area contributed by atoms with Crippen molar-refractivity contribution in [2.24, 2.45) is 4.99 Å². The maximum absolute atomic E-state index is 4.97. The van der Waals surface area contributed by atoms with Gasteiger partial charge in [-0.25, -0.2) is 0 Å². The molecule has 1 saturated heterocycles. The highest BCUT2D eigenvalue weighted by Crippen LogP contribution is 2.45. The number of nitrogens with one attached hydrogen (secondary N) is 1. The summed E-state index contributed by atoms with van der Waals surface area (Å²) in [6, 6.07) is 30.0. The lowest BCUT2D eigenvalue weighted by molar-refractivity contribution is 0.0731. The van der Waals surface area contributed by atoms with Crippen molar-refractivity contribution in [3.8, 4) is 0 Å². The van der Waals surface area contributed by atoms with Crippen LogP contribution in [0.5, 0.6) is 0 Å². The first-order valence-corrected chi connectivity index (χ1v) is 14.2. The van der Waals surface area contributed by atoms with Gasteiger partial charge in [0.05, 0.1) is 29.2 Å². The van der Waals surface area contributed by atoms with E-state index in [0.717, 1.165) is 43.3 Å². The van der Waals surface area contributed by atoms with E-state index in [1.165, 1.54) is 33.4 Å². The monoisotopic (exact) mass is 526 g/mol. The lowest BCUT2D eigenvalue weighted by Crippen LogP contribution is -2.50. The van der Waals surface area contributed by atoms with Crippen molar-refractivity contribution in [1.82, 2.24) is 24.8 Å². The van der Waals surface area contributed by atoms with E-state index in [2.05, 4.69) is 101 Å². The number of fused-ring (bicyclic) bond motifs is 2. The Morgan fingerprint density at radius 1 is 0.725 bits per heavy atom. The Hall–Kier alpha value is -4.13. The van der Waals surface area contributed by atoms with E-state index in [0.29, 0.717) is 0 Å². The Balaban J connectivity index is 1.23. The van der Waals surface area contributed by atoms with Gasteiger partial charge in [0.15, 0.2) is 0 Å². The maximum atomic E-state index is 4.97. The Bertz CT molecular complexity index is 1650. The van der Waals surface area contributed by atoms with Crippen LogP contribution >= 0.6 is 0 Å². The molecule has 40 heavy (non-hydrogen) atoms. The average Bonchev–Trinajstić information content (AvgIpc) is 3.51. The fourth-order valence-electron chi connectivity index (χ4n) is 6.83. The fourth-order valence-corrected chi connectivity index (χ4v) is 6.83. The van der Waals surface area contributed by atoms with Crippen LogP contribution in [0.2, 0.25) is 0 Å². The molecule has 200 valence electrons. The molecule has 2 aliphatic rings. The van der Waals surface area contributed by atoms with Crippen molar-refractivity contribution in [3.63, 3.8) is 0 Å². The molecule has 5 aromatic rings. The number of hydrogen-bond donors (Lipinski definition) is 1. The Labute approximate surface area is 235 Å². The molecule has 0 bridgehead atoms. The van der Waals surface area contributed by atoms with E-state index in [1.54, 1.807) is 0 Å². The van der Waals surface area contributed by atoms with Gasteiger partial charge in [-0.05, 0) is 55.8 Å². The average molecular weight is 527 g/mol. The van der Waals surface area contributed by atoms with Gasteiger partial charge in [-0.15, -0.1) is 0 Å². The minimum Gasteiger partial charge on any atom is -0.358 e. The first-order valence-electron chi connectivity index (χ1n) is 14.2. The van der Waals surface area contributed by atoms with Gasteiger partial charge in [0.2, 0.25) is 0 Å². The highest BCUT2D eigenvalue weighted by molar-refractivity contribution is 5.97. The van der Waals surface area contributed by atoms with Crippen LogP contribution in [0.3, 0.4) is 0 Å². The van der Waals surface area contributed by atoms with Crippen molar-refractivity contribution >= 4 is 22.3 Å². The summed E-state index contributed by atoms with van der Waals surface area (Å²) in [5, 5.41) is 1.28. The number of aryl methyl sites for hydroxylation is 1. The van der Waals surface area contributed by atoms with Gasteiger partial charge < -0.3 is 4.98 Å². The second kappa shape index (κ2) is 10.5. The van der Waals surface area contributed by atoms with Gasteiger partial charge in [-0.2, -0.15) is 0 Å². The van der Waals surface area contributed by atoms with Gasteiger partial charge in [0, 0.05) is 72.4 Å². The molecule has 0 aliphatic carbocycles. The van der Waals surface area contributed by atoms with Gasteiger partial charge in [-0.3, -0.25) is 24.8 Å². The third kappa shape index (κ3) is 4.34. The van der Waals surface area contributed by atoms with Crippen LogP contribution in [0.4, 0.5) is 5.69 Å². The van der Waals surface area contributed by atoms with E-state index in [4.69, 9.17) is 15.0 Å². The zero-order valence-electron chi connectivity index (χ0n) is 23.0. The second-order valence-electron chi connectivity index (χ2n) is 10.9. The van der Waals surface area contributed by atoms with Crippen LogP contribution in [-0.4, -0.2) is 56.6 Å². The zero-order valence-corrected chi connectivity index (χ0v) is 23.0. The number of aromatic amines is 1. The molecular formula is C34H34N6. The number of H-pyrrole nitrogens is 1. The van der Waals surface area contributed by atoms with Crippen LogP contribution in [0, 0.1) is 6.92 Å². The third-order valence-corrected chi connectivity index (χ3v) is 8.62. The zero-order chi connectivity index (χ0) is 27.1. The molecule has 3 atom stereocenters. The van der Waals surface area contributed by atoms with Crippen molar-refractivity contribution in [3.05, 3.63) is 126 Å². The van der Waals surface area contributed by atoms with Gasteiger partial charge in [0.25, 0.3) is 0 Å². The molecule has 1 N–H and O–H groups in total. The maximum Gasteiger partial charge on any atom is 0.0800 e. The van der Waals surface area contributed by atoms with Gasteiger partial charge >= 0.3 is 0 Å². The minimum absolute atomic E-state index is 0.0864. The predicted molar refractivity (Wildman–Crippen MR) is 161 cm³/mol. The summed E-state index contributed by atoms with van der Waals surface area (Å²) in [5.41, 5.74) is 9.49. The fraction of sp³-hybridized carbons (Fsp3) is 0.265. The first-order chi connectivity index (χ1) is 19.7. The van der Waals surface area contributed by atoms with E-state index >= 15 is 0 Å². The number of rotatable bonds is 6. The number of pyridine rings is 2. The van der Waals surface area contributed by atoms with Crippen LogP contribution in [0.25, 0.3) is 10.9 Å². The van der Waals surface area contributed by atoms with Crippen molar-refractivity contribution in [2.45, 2.75) is 31.8 Å². The number of nitrogens with zero attached hydrogens (tertiary/aromatic N) is 5. The molecule has 6 nitrogen and oxygen atoms in total. The standard InChI is InChI=1S/C34H34N6/c1-23-31(25-11-3-5-13-27(25)37-23)33(29-15-7-9-17-35-29)39-19-21-40(22-20-39)34(30-16-8-10-18-36-30)32-24(2)38-28-14-6-4-12-26(28)32/h3-18,31,33-34,38H,19-22H2,1-2H3/t31-,33+,34+/m0/s1. The number of hydrogen-bond acceptors (Lipinski definition) is 5. The molecule has 5 heterocycles. The molecule has 0 unspecified atom stereocenters. The summed E-state index contributed by atoms with van der Waals surface area (Å²) in [4.78, 5) is 23.6. The molecule has 2 aromatic carbocycles. The van der Waals surface area contributed by atoms with Crippen molar-refractivity contribution < 1.29 is 0 Å². The van der Waals surface area contributed by atoms with E-state index in [1.807, 2.05) is 24.5 Å². The number of aliphatic imine (C=N–C) groups is 1. The summed E-state index contributed by atoms with van der Waals surface area (Å²) in [5.74, 6) is 0.195. The third-order valence-electron chi connectivity index (χ3n) is 8.62. The number of piperazine rings is 1. The highest BCUT2D eigenvalue weighted by atomic mass is 15.3. The lowest BCUT2D eigenvalue weighted by Gasteiger charge is -2.44. The molecule has 7 rings (SSSR count). The van der Waals surface area contributed by atoms with Crippen molar-refractivity contribution in [2.75, 3.05) is 26.2 Å².